The number of nitrogens with one attached hydrogen (secondary N) is 1. The summed E-state index contributed by atoms with van der Waals surface area (Å²) >= 11 is 0. The standard InChI is InChI=1S/C15H19NO5/c1-20-9-6-7-12(13(8-9)21-2)16-14(17)10-4-3-5-11(10)15(18)19/h6-8,10-11H,3-5H2,1-2H3,(H,16,17)(H,18,19). The van der Waals surface area contributed by atoms with Gasteiger partial charge in [-0.05, 0) is 25.0 Å². The molecule has 0 radical (unpaired) electrons. The Kier molecular flexibility index (Phi) is 4.67. The van der Waals surface area contributed by atoms with Gasteiger partial charge in [-0.15, -0.1) is 0 Å². The van der Waals surface area contributed by atoms with Gasteiger partial charge in [-0.3, -0.25) is 9.59 Å². The van der Waals surface area contributed by atoms with Crippen molar-refractivity contribution in [2.75, 3.05) is 19.5 Å². The fraction of sp³-hybridized carbons (Fsp3) is 0.467. The number of amides is 1. The number of anilines is 1. The van der Waals surface area contributed by atoms with E-state index in [2.05, 4.69) is 5.32 Å². The topological polar surface area (TPSA) is 84.9 Å². The Balaban J connectivity index is 2.14. The predicted molar refractivity (Wildman–Crippen MR) is 76.6 cm³/mol. The molecule has 6 heteroatoms. The summed E-state index contributed by atoms with van der Waals surface area (Å²) in [6.07, 6.45) is 1.91. The number of hydrogen-bond donors (Lipinski definition) is 2. The van der Waals surface area contributed by atoms with Crippen molar-refractivity contribution in [3.8, 4) is 11.5 Å². The Morgan fingerprint density at radius 2 is 1.90 bits per heavy atom. The molecule has 0 bridgehead atoms. The van der Waals surface area contributed by atoms with Crippen LogP contribution in [0, 0.1) is 11.8 Å². The molecule has 0 aromatic heterocycles. The largest absolute Gasteiger partial charge is 0.497 e. The van der Waals surface area contributed by atoms with Gasteiger partial charge in [0.15, 0.2) is 0 Å². The van der Waals surface area contributed by atoms with Crippen molar-refractivity contribution in [3.05, 3.63) is 18.2 Å². The minimum absolute atomic E-state index is 0.275. The van der Waals surface area contributed by atoms with Crippen molar-refractivity contribution < 1.29 is 24.2 Å². The quantitative estimate of drug-likeness (QED) is 0.869. The summed E-state index contributed by atoms with van der Waals surface area (Å²) in [5, 5.41) is 11.9. The number of methoxy groups -OCH3 is 2. The lowest BCUT2D eigenvalue weighted by Crippen LogP contribution is -2.30. The SMILES string of the molecule is COc1ccc(NC(=O)C2CCCC2C(=O)O)c(OC)c1. The number of carboxylic acids is 1. The second kappa shape index (κ2) is 6.47. The van der Waals surface area contributed by atoms with Crippen LogP contribution in [0.2, 0.25) is 0 Å². The van der Waals surface area contributed by atoms with Crippen molar-refractivity contribution in [2.45, 2.75) is 19.3 Å². The van der Waals surface area contributed by atoms with Crippen LogP contribution in [-0.4, -0.2) is 31.2 Å². The number of carbonyl (C=O) groups excluding carboxylic acids is 1. The number of rotatable bonds is 5. The second-order valence-corrected chi connectivity index (χ2v) is 5.04. The highest BCUT2D eigenvalue weighted by Crippen LogP contribution is 2.35. The highest BCUT2D eigenvalue weighted by atomic mass is 16.5. The van der Waals surface area contributed by atoms with Crippen molar-refractivity contribution >= 4 is 17.6 Å². The smallest absolute Gasteiger partial charge is 0.307 e. The molecule has 1 amide bonds. The lowest BCUT2D eigenvalue weighted by Gasteiger charge is -2.17. The Morgan fingerprint density at radius 3 is 2.52 bits per heavy atom. The maximum atomic E-state index is 12.3. The molecule has 1 saturated carbocycles. The molecule has 0 heterocycles. The van der Waals surface area contributed by atoms with E-state index in [1.165, 1.54) is 7.11 Å². The number of carbonyl (C=O) groups is 2. The molecule has 21 heavy (non-hydrogen) atoms. The molecule has 0 saturated heterocycles. The minimum Gasteiger partial charge on any atom is -0.497 e. The first-order valence-electron chi connectivity index (χ1n) is 6.82. The molecular weight excluding hydrogens is 274 g/mol. The summed E-state index contributed by atoms with van der Waals surface area (Å²) in [5.74, 6) is -1.18. The first-order valence-corrected chi connectivity index (χ1v) is 6.82. The minimum atomic E-state index is -0.908. The Hall–Kier alpha value is -2.24. The summed E-state index contributed by atoms with van der Waals surface area (Å²) in [7, 11) is 3.04. The maximum Gasteiger partial charge on any atom is 0.307 e. The van der Waals surface area contributed by atoms with Crippen LogP contribution in [0.3, 0.4) is 0 Å². The molecule has 6 nitrogen and oxygen atoms in total. The molecule has 1 aliphatic rings. The van der Waals surface area contributed by atoms with Crippen LogP contribution in [0.4, 0.5) is 5.69 Å². The maximum absolute atomic E-state index is 12.3. The van der Waals surface area contributed by atoms with E-state index in [0.29, 0.717) is 30.0 Å². The zero-order valence-electron chi connectivity index (χ0n) is 12.1. The third kappa shape index (κ3) is 3.26. The molecule has 1 aromatic rings. The molecule has 0 spiro atoms. The lowest BCUT2D eigenvalue weighted by atomic mass is 9.95. The van der Waals surface area contributed by atoms with Crippen molar-refractivity contribution in [1.82, 2.24) is 0 Å². The number of carboxylic acid groups (broad SMARTS) is 1. The van der Waals surface area contributed by atoms with E-state index in [0.717, 1.165) is 6.42 Å². The number of benzene rings is 1. The van der Waals surface area contributed by atoms with Crippen LogP contribution < -0.4 is 14.8 Å². The van der Waals surface area contributed by atoms with Crippen LogP contribution in [0.1, 0.15) is 19.3 Å². The zero-order valence-corrected chi connectivity index (χ0v) is 12.1. The highest BCUT2D eigenvalue weighted by molar-refractivity contribution is 5.96. The van der Waals surface area contributed by atoms with Gasteiger partial charge in [0, 0.05) is 6.07 Å². The molecular formula is C15H19NO5. The van der Waals surface area contributed by atoms with E-state index in [1.54, 1.807) is 25.3 Å². The number of ether oxygens (including phenoxy) is 2. The summed E-state index contributed by atoms with van der Waals surface area (Å²) < 4.78 is 10.3. The average molecular weight is 293 g/mol. The van der Waals surface area contributed by atoms with Gasteiger partial charge in [0.2, 0.25) is 5.91 Å². The van der Waals surface area contributed by atoms with E-state index in [4.69, 9.17) is 14.6 Å². The zero-order chi connectivity index (χ0) is 15.4. The van der Waals surface area contributed by atoms with Crippen molar-refractivity contribution in [2.24, 2.45) is 11.8 Å². The molecule has 1 aliphatic carbocycles. The Morgan fingerprint density at radius 1 is 1.19 bits per heavy atom. The van der Waals surface area contributed by atoms with Gasteiger partial charge in [-0.1, -0.05) is 6.42 Å². The molecule has 2 atom stereocenters. The van der Waals surface area contributed by atoms with Crippen LogP contribution in [0.25, 0.3) is 0 Å². The molecule has 1 aromatic carbocycles. The van der Waals surface area contributed by atoms with Gasteiger partial charge in [0.1, 0.15) is 11.5 Å². The Labute approximate surface area is 123 Å². The van der Waals surface area contributed by atoms with Crippen LogP contribution in [0.15, 0.2) is 18.2 Å². The second-order valence-electron chi connectivity index (χ2n) is 5.04. The van der Waals surface area contributed by atoms with Crippen molar-refractivity contribution in [3.63, 3.8) is 0 Å². The van der Waals surface area contributed by atoms with E-state index in [-0.39, 0.29) is 5.91 Å². The molecule has 2 rings (SSSR count). The molecule has 2 unspecified atom stereocenters. The number of hydrogen-bond acceptors (Lipinski definition) is 4. The van der Waals surface area contributed by atoms with Gasteiger partial charge >= 0.3 is 5.97 Å². The molecule has 0 aliphatic heterocycles. The third-order valence-corrected chi connectivity index (χ3v) is 3.84. The van der Waals surface area contributed by atoms with Crippen LogP contribution in [0.5, 0.6) is 11.5 Å². The number of aliphatic carboxylic acids is 1. The highest BCUT2D eigenvalue weighted by Gasteiger charge is 2.37. The van der Waals surface area contributed by atoms with E-state index >= 15 is 0 Å². The normalized spacial score (nSPS) is 20.9. The fourth-order valence-corrected chi connectivity index (χ4v) is 2.70. The summed E-state index contributed by atoms with van der Waals surface area (Å²) in [6, 6.07) is 5.06. The molecule has 1 fully saturated rings. The Bertz CT molecular complexity index is 543. The van der Waals surface area contributed by atoms with Gasteiger partial charge in [0.25, 0.3) is 0 Å². The lowest BCUT2D eigenvalue weighted by molar-refractivity contribution is -0.145. The summed E-state index contributed by atoms with van der Waals surface area (Å²) in [4.78, 5) is 23.4. The monoisotopic (exact) mass is 293 g/mol. The summed E-state index contributed by atoms with van der Waals surface area (Å²) in [5.41, 5.74) is 0.513. The van der Waals surface area contributed by atoms with Gasteiger partial charge in [-0.25, -0.2) is 0 Å². The summed E-state index contributed by atoms with van der Waals surface area (Å²) in [6.45, 7) is 0. The average Bonchev–Trinajstić information content (AvgIpc) is 2.97. The van der Waals surface area contributed by atoms with Gasteiger partial charge < -0.3 is 19.9 Å². The fourth-order valence-electron chi connectivity index (χ4n) is 2.70. The molecule has 2 N–H and O–H groups in total. The van der Waals surface area contributed by atoms with E-state index < -0.39 is 17.8 Å². The van der Waals surface area contributed by atoms with Crippen molar-refractivity contribution in [1.29, 1.82) is 0 Å². The predicted octanol–water partition coefficient (Wildman–Crippen LogP) is 2.14. The van der Waals surface area contributed by atoms with Crippen LogP contribution >= 0.6 is 0 Å². The van der Waals surface area contributed by atoms with Crippen LogP contribution in [-0.2, 0) is 9.59 Å². The first-order chi connectivity index (χ1) is 10.1. The van der Waals surface area contributed by atoms with E-state index in [1.807, 2.05) is 0 Å². The third-order valence-electron chi connectivity index (χ3n) is 3.84. The molecule has 114 valence electrons. The van der Waals surface area contributed by atoms with Gasteiger partial charge in [0.05, 0.1) is 31.7 Å². The van der Waals surface area contributed by atoms with E-state index in [9.17, 15) is 9.59 Å². The first kappa shape index (κ1) is 15.2. The van der Waals surface area contributed by atoms with Gasteiger partial charge in [-0.2, -0.15) is 0 Å².